The molecule has 1 N–H and O–H groups in total. The van der Waals surface area contributed by atoms with Gasteiger partial charge in [-0.25, -0.2) is 9.48 Å². The van der Waals surface area contributed by atoms with E-state index in [2.05, 4.69) is 5.10 Å². The number of piperidine rings is 1. The quantitative estimate of drug-likeness (QED) is 0.551. The van der Waals surface area contributed by atoms with Crippen LogP contribution in [0, 0.1) is 5.41 Å². The first-order valence-electron chi connectivity index (χ1n) is 14.0. The lowest BCUT2D eigenvalue weighted by atomic mass is 9.66. The number of carbonyl (C=O) groups is 1. The van der Waals surface area contributed by atoms with Crippen LogP contribution >= 0.6 is 0 Å². The number of aliphatic hydroxyl groups is 1. The third-order valence-electron chi connectivity index (χ3n) is 9.05. The lowest BCUT2D eigenvalue weighted by Gasteiger charge is -2.53. The highest BCUT2D eigenvalue weighted by Crippen LogP contribution is 2.51. The molecule has 1 aromatic heterocycles. The molecule has 39 heavy (non-hydrogen) atoms. The number of hydrogen-bond acceptors (Lipinski definition) is 5. The number of carbonyl (C=O) groups excluding carboxylic acids is 1. The molecule has 1 aliphatic carbocycles. The summed E-state index contributed by atoms with van der Waals surface area (Å²) in [7, 11) is 0. The summed E-state index contributed by atoms with van der Waals surface area (Å²) in [6.45, 7) is 2.59. The van der Waals surface area contributed by atoms with Crippen LogP contribution in [0.1, 0.15) is 43.7 Å². The van der Waals surface area contributed by atoms with Gasteiger partial charge in [0.15, 0.2) is 0 Å². The molecule has 6 rings (SSSR count). The van der Waals surface area contributed by atoms with Crippen molar-refractivity contribution in [3.8, 4) is 11.1 Å². The third kappa shape index (κ3) is 4.87. The Labute approximate surface area is 228 Å². The van der Waals surface area contributed by atoms with Crippen LogP contribution in [0.2, 0.25) is 0 Å². The molecule has 3 heterocycles. The number of amides is 2. The van der Waals surface area contributed by atoms with E-state index in [1.807, 2.05) is 70.5 Å². The zero-order valence-corrected chi connectivity index (χ0v) is 22.2. The highest BCUT2D eigenvalue weighted by Gasteiger charge is 2.56. The fourth-order valence-electron chi connectivity index (χ4n) is 6.82. The molecule has 0 bridgehead atoms. The predicted molar refractivity (Wildman–Crippen MR) is 148 cm³/mol. The summed E-state index contributed by atoms with van der Waals surface area (Å²) in [5.41, 5.74) is 0.959. The van der Waals surface area contributed by atoms with E-state index in [4.69, 9.17) is 4.74 Å². The van der Waals surface area contributed by atoms with Gasteiger partial charge in [-0.15, -0.1) is 0 Å². The number of benzene rings is 2. The van der Waals surface area contributed by atoms with Gasteiger partial charge in [0.05, 0.1) is 37.6 Å². The monoisotopic (exact) mass is 528 g/mol. The van der Waals surface area contributed by atoms with Gasteiger partial charge in [-0.1, -0.05) is 73.5 Å². The Balaban J connectivity index is 1.23. The van der Waals surface area contributed by atoms with Crippen LogP contribution in [0.3, 0.4) is 0 Å². The van der Waals surface area contributed by atoms with Crippen LogP contribution in [0.5, 0.6) is 0 Å². The Morgan fingerprint density at radius 2 is 1.69 bits per heavy atom. The van der Waals surface area contributed by atoms with Gasteiger partial charge in [-0.05, 0) is 30.4 Å². The van der Waals surface area contributed by atoms with Gasteiger partial charge in [0, 0.05) is 36.7 Å². The molecule has 0 unspecified atom stereocenters. The smallest absolute Gasteiger partial charge is 0.320 e. The van der Waals surface area contributed by atoms with E-state index in [0.29, 0.717) is 39.3 Å². The SMILES string of the molecule is O=C(N1CC[C@@](O)(Cn2ncc(-c3ccccc3)cc2=O)C2(CCCC2)C1)N1CCOC[C@H]1c1ccccc1. The summed E-state index contributed by atoms with van der Waals surface area (Å²) < 4.78 is 7.15. The molecule has 1 spiro atoms. The van der Waals surface area contributed by atoms with E-state index in [9.17, 15) is 14.7 Å². The van der Waals surface area contributed by atoms with Crippen LogP contribution in [0.4, 0.5) is 4.79 Å². The van der Waals surface area contributed by atoms with Crippen LogP contribution in [-0.4, -0.2) is 69.2 Å². The summed E-state index contributed by atoms with van der Waals surface area (Å²) in [5, 5.41) is 16.6. The second-order valence-electron chi connectivity index (χ2n) is 11.3. The van der Waals surface area contributed by atoms with E-state index >= 15 is 0 Å². The number of aromatic nitrogens is 2. The standard InChI is InChI=1S/C31H36N4O4/c36-28-19-26(24-9-3-1-4-10-24)20-32-35(28)23-31(38)15-16-33(22-30(31)13-7-8-14-30)29(37)34-17-18-39-21-27(34)25-11-5-2-6-12-25/h1-6,9-12,19-20,27,38H,7-8,13-18,21-23H2/t27-,31+/m0/s1. The Bertz CT molecular complexity index is 1360. The Kier molecular flexibility index (Phi) is 6.99. The zero-order chi connectivity index (χ0) is 26.9. The summed E-state index contributed by atoms with van der Waals surface area (Å²) in [4.78, 5) is 30.9. The van der Waals surface area contributed by atoms with Gasteiger partial charge in [0.2, 0.25) is 0 Å². The average molecular weight is 529 g/mol. The van der Waals surface area contributed by atoms with Crippen molar-refractivity contribution in [3.63, 3.8) is 0 Å². The maximum absolute atomic E-state index is 13.9. The molecule has 2 atom stereocenters. The van der Waals surface area contributed by atoms with Crippen molar-refractivity contribution >= 4 is 6.03 Å². The van der Waals surface area contributed by atoms with Crippen molar-refractivity contribution in [1.29, 1.82) is 0 Å². The van der Waals surface area contributed by atoms with E-state index in [1.165, 1.54) is 4.68 Å². The first-order valence-corrected chi connectivity index (χ1v) is 14.0. The summed E-state index contributed by atoms with van der Waals surface area (Å²) in [6.07, 6.45) is 5.77. The number of morpholine rings is 1. The fraction of sp³-hybridized carbons (Fsp3) is 0.452. The van der Waals surface area contributed by atoms with Gasteiger partial charge < -0.3 is 19.6 Å². The second kappa shape index (κ2) is 10.6. The molecule has 3 aliphatic rings. The lowest BCUT2D eigenvalue weighted by molar-refractivity contribution is -0.139. The van der Waals surface area contributed by atoms with Gasteiger partial charge in [-0.2, -0.15) is 5.10 Å². The van der Waals surface area contributed by atoms with Crippen molar-refractivity contribution < 1.29 is 14.6 Å². The van der Waals surface area contributed by atoms with Crippen molar-refractivity contribution in [2.24, 2.45) is 5.41 Å². The van der Waals surface area contributed by atoms with Crippen LogP contribution in [-0.2, 0) is 11.3 Å². The molecule has 8 heteroatoms. The molecule has 2 aliphatic heterocycles. The third-order valence-corrected chi connectivity index (χ3v) is 9.05. The van der Waals surface area contributed by atoms with Crippen LogP contribution in [0.15, 0.2) is 77.7 Å². The van der Waals surface area contributed by atoms with Crippen molar-refractivity contribution in [2.45, 2.75) is 50.3 Å². The number of nitrogens with zero attached hydrogens (tertiary/aromatic N) is 4. The van der Waals surface area contributed by atoms with E-state index < -0.39 is 11.0 Å². The maximum Gasteiger partial charge on any atom is 0.320 e. The van der Waals surface area contributed by atoms with Crippen LogP contribution in [0.25, 0.3) is 11.1 Å². The molecule has 1 saturated carbocycles. The van der Waals surface area contributed by atoms with Crippen LogP contribution < -0.4 is 5.56 Å². The molecule has 2 aromatic carbocycles. The normalized spacial score (nSPS) is 24.7. The van der Waals surface area contributed by atoms with Gasteiger partial charge in [0.25, 0.3) is 5.56 Å². The molecule has 2 saturated heterocycles. The highest BCUT2D eigenvalue weighted by atomic mass is 16.5. The summed E-state index contributed by atoms with van der Waals surface area (Å²) in [5.74, 6) is 0. The summed E-state index contributed by atoms with van der Waals surface area (Å²) in [6, 6.07) is 21.2. The molecule has 8 nitrogen and oxygen atoms in total. The van der Waals surface area contributed by atoms with Gasteiger partial charge in [-0.3, -0.25) is 4.79 Å². The largest absolute Gasteiger partial charge is 0.387 e. The van der Waals surface area contributed by atoms with E-state index in [1.54, 1.807) is 12.3 Å². The highest BCUT2D eigenvalue weighted by molar-refractivity contribution is 5.75. The molecule has 3 aromatic rings. The minimum absolute atomic E-state index is 0.00276. The van der Waals surface area contributed by atoms with E-state index in [-0.39, 0.29) is 24.2 Å². The average Bonchev–Trinajstić information content (AvgIpc) is 3.46. The van der Waals surface area contributed by atoms with Gasteiger partial charge in [0.1, 0.15) is 0 Å². The number of hydrogen-bond donors (Lipinski definition) is 1. The minimum Gasteiger partial charge on any atom is -0.387 e. The number of ether oxygens (including phenoxy) is 1. The lowest BCUT2D eigenvalue weighted by Crippen LogP contribution is -2.64. The van der Waals surface area contributed by atoms with Crippen molar-refractivity contribution in [2.75, 3.05) is 32.8 Å². The topological polar surface area (TPSA) is 87.9 Å². The van der Waals surface area contributed by atoms with E-state index in [0.717, 1.165) is 42.4 Å². The van der Waals surface area contributed by atoms with Gasteiger partial charge >= 0.3 is 6.03 Å². The molecular weight excluding hydrogens is 492 g/mol. The molecule has 0 radical (unpaired) electrons. The maximum atomic E-state index is 13.9. The zero-order valence-electron chi connectivity index (χ0n) is 22.2. The molecule has 3 fully saturated rings. The number of urea groups is 1. The number of likely N-dealkylation sites (tertiary alicyclic amines) is 1. The summed E-state index contributed by atoms with van der Waals surface area (Å²) >= 11 is 0. The Morgan fingerprint density at radius 3 is 2.41 bits per heavy atom. The molecular formula is C31H36N4O4. The first-order chi connectivity index (χ1) is 19.0. The predicted octanol–water partition coefficient (Wildman–Crippen LogP) is 4.10. The minimum atomic E-state index is -1.12. The number of rotatable bonds is 4. The Morgan fingerprint density at radius 1 is 0.974 bits per heavy atom. The second-order valence-corrected chi connectivity index (χ2v) is 11.3. The molecule has 204 valence electrons. The first kappa shape index (κ1) is 25.8. The Hall–Kier alpha value is -3.49. The fourth-order valence-corrected chi connectivity index (χ4v) is 6.82. The van der Waals surface area contributed by atoms with Crippen molar-refractivity contribution in [3.05, 3.63) is 88.8 Å². The molecule has 2 amide bonds. The van der Waals surface area contributed by atoms with Crippen molar-refractivity contribution in [1.82, 2.24) is 19.6 Å².